The zero-order chi connectivity index (χ0) is 22.2. The van der Waals surface area contributed by atoms with Gasteiger partial charge in [-0.25, -0.2) is 13.8 Å². The van der Waals surface area contributed by atoms with Gasteiger partial charge in [0.1, 0.15) is 11.6 Å². The monoisotopic (exact) mass is 432 g/mol. The molecule has 1 aliphatic rings. The molecule has 0 bridgehead atoms. The minimum absolute atomic E-state index is 0.174. The summed E-state index contributed by atoms with van der Waals surface area (Å²) in [7, 11) is 1.91. The predicted molar refractivity (Wildman–Crippen MR) is 121 cm³/mol. The summed E-state index contributed by atoms with van der Waals surface area (Å²) in [5.74, 6) is -0.855. The molecule has 1 saturated heterocycles. The van der Waals surface area contributed by atoms with Crippen LogP contribution in [0, 0.1) is 11.6 Å². The predicted octanol–water partition coefficient (Wildman–Crippen LogP) is 4.48. The summed E-state index contributed by atoms with van der Waals surface area (Å²) < 4.78 is 30.1. The van der Waals surface area contributed by atoms with Gasteiger partial charge >= 0.3 is 0 Å². The molecule has 1 fully saturated rings. The summed E-state index contributed by atoms with van der Waals surface area (Å²) in [5, 5.41) is 0.490. The number of rotatable bonds is 3. The van der Waals surface area contributed by atoms with E-state index in [4.69, 9.17) is 0 Å². The van der Waals surface area contributed by atoms with E-state index in [0.717, 1.165) is 5.69 Å². The first-order chi connectivity index (χ1) is 15.5. The van der Waals surface area contributed by atoms with Crippen molar-refractivity contribution in [1.29, 1.82) is 0 Å². The Bertz CT molecular complexity index is 1310. The lowest BCUT2D eigenvalue weighted by Crippen LogP contribution is -2.49. The lowest BCUT2D eigenvalue weighted by atomic mass is 10.0. The van der Waals surface area contributed by atoms with Crippen LogP contribution in [0.15, 0.2) is 66.9 Å². The summed E-state index contributed by atoms with van der Waals surface area (Å²) in [6.07, 6.45) is 1.91. The minimum atomic E-state index is -0.413. The molecule has 3 heterocycles. The maximum absolute atomic E-state index is 14.2. The topological polar surface area (TPSA) is 41.4 Å². The average Bonchev–Trinajstić information content (AvgIpc) is 3.24. The van der Waals surface area contributed by atoms with Crippen LogP contribution in [0.4, 0.5) is 14.5 Å². The Hall–Kier alpha value is -3.74. The molecule has 32 heavy (non-hydrogen) atoms. The van der Waals surface area contributed by atoms with E-state index in [2.05, 4.69) is 4.98 Å². The number of aryl methyl sites for hydroxylation is 1. The van der Waals surface area contributed by atoms with Crippen molar-refractivity contribution in [2.75, 3.05) is 31.1 Å². The quantitative estimate of drug-likeness (QED) is 0.479. The molecule has 1 aliphatic heterocycles. The van der Waals surface area contributed by atoms with Crippen molar-refractivity contribution < 1.29 is 13.6 Å². The summed E-state index contributed by atoms with van der Waals surface area (Å²) in [6, 6.07) is 16.6. The van der Waals surface area contributed by atoms with Crippen LogP contribution in [-0.2, 0) is 7.05 Å². The minimum Gasteiger partial charge on any atom is -0.366 e. The third kappa shape index (κ3) is 3.60. The molecule has 4 aromatic rings. The van der Waals surface area contributed by atoms with Gasteiger partial charge in [0.2, 0.25) is 0 Å². The number of hydrogen-bond donors (Lipinski definition) is 0. The van der Waals surface area contributed by atoms with Crippen LogP contribution in [-0.4, -0.2) is 46.5 Å². The summed E-state index contributed by atoms with van der Waals surface area (Å²) in [4.78, 5) is 21.9. The van der Waals surface area contributed by atoms with E-state index in [-0.39, 0.29) is 11.7 Å². The number of para-hydroxylation sites is 1. The maximum atomic E-state index is 14.2. The fourth-order valence-corrected chi connectivity index (χ4v) is 4.26. The van der Waals surface area contributed by atoms with E-state index in [1.807, 2.05) is 34.8 Å². The van der Waals surface area contributed by atoms with E-state index in [9.17, 15) is 13.6 Å². The van der Waals surface area contributed by atoms with E-state index in [1.54, 1.807) is 35.2 Å². The average molecular weight is 432 g/mol. The van der Waals surface area contributed by atoms with E-state index in [1.165, 1.54) is 18.2 Å². The molecule has 0 unspecified atom stereocenters. The lowest BCUT2D eigenvalue weighted by molar-refractivity contribution is 0.0748. The Kier molecular flexibility index (Phi) is 5.09. The Labute approximate surface area is 184 Å². The third-order valence-electron chi connectivity index (χ3n) is 5.97. The van der Waals surface area contributed by atoms with E-state index >= 15 is 0 Å². The number of pyridine rings is 1. The second-order valence-corrected chi connectivity index (χ2v) is 7.95. The molecule has 1 amide bonds. The first-order valence-corrected chi connectivity index (χ1v) is 10.5. The van der Waals surface area contributed by atoms with Gasteiger partial charge in [0.05, 0.1) is 28.2 Å². The van der Waals surface area contributed by atoms with Gasteiger partial charge in [0, 0.05) is 44.8 Å². The van der Waals surface area contributed by atoms with Crippen molar-refractivity contribution in [3.63, 3.8) is 0 Å². The highest BCUT2D eigenvalue weighted by molar-refractivity contribution is 6.07. The van der Waals surface area contributed by atoms with Crippen LogP contribution in [0.25, 0.3) is 22.3 Å². The smallest absolute Gasteiger partial charge is 0.254 e. The highest BCUT2D eigenvalue weighted by Crippen LogP contribution is 2.28. The number of piperazine rings is 1. The van der Waals surface area contributed by atoms with E-state index in [0.29, 0.717) is 54.0 Å². The van der Waals surface area contributed by atoms with Crippen molar-refractivity contribution >= 4 is 22.5 Å². The number of aromatic nitrogens is 2. The van der Waals surface area contributed by atoms with Crippen LogP contribution in [0.3, 0.4) is 0 Å². The third-order valence-corrected chi connectivity index (χ3v) is 5.97. The van der Waals surface area contributed by atoms with Crippen LogP contribution in [0.1, 0.15) is 10.4 Å². The lowest BCUT2D eigenvalue weighted by Gasteiger charge is -2.36. The number of nitrogens with zero attached hydrogens (tertiary/aromatic N) is 4. The first kappa shape index (κ1) is 20.2. The maximum Gasteiger partial charge on any atom is 0.254 e. The Morgan fingerprint density at radius 1 is 0.938 bits per heavy atom. The van der Waals surface area contributed by atoms with Crippen LogP contribution >= 0.6 is 0 Å². The molecule has 5 nitrogen and oxygen atoms in total. The van der Waals surface area contributed by atoms with Gasteiger partial charge in [-0.3, -0.25) is 4.79 Å². The van der Waals surface area contributed by atoms with Gasteiger partial charge in [-0.2, -0.15) is 0 Å². The molecule has 0 N–H and O–H groups in total. The molecule has 0 spiro atoms. The Morgan fingerprint density at radius 2 is 1.72 bits per heavy atom. The summed E-state index contributed by atoms with van der Waals surface area (Å²) in [6.45, 7) is 1.95. The van der Waals surface area contributed by atoms with Crippen LogP contribution < -0.4 is 4.90 Å². The van der Waals surface area contributed by atoms with Crippen molar-refractivity contribution in [3.8, 4) is 11.4 Å². The van der Waals surface area contributed by atoms with Crippen LogP contribution in [0.5, 0.6) is 0 Å². The molecule has 2 aromatic carbocycles. The molecule has 0 atom stereocenters. The van der Waals surface area contributed by atoms with Crippen molar-refractivity contribution in [2.24, 2.45) is 7.05 Å². The highest BCUT2D eigenvalue weighted by atomic mass is 19.1. The number of hydrogen-bond acceptors (Lipinski definition) is 3. The fourth-order valence-electron chi connectivity index (χ4n) is 4.26. The van der Waals surface area contributed by atoms with Gasteiger partial charge < -0.3 is 14.4 Å². The van der Waals surface area contributed by atoms with Gasteiger partial charge in [0.15, 0.2) is 0 Å². The van der Waals surface area contributed by atoms with Gasteiger partial charge in [-0.15, -0.1) is 0 Å². The Balaban J connectivity index is 1.47. The number of carbonyl (C=O) groups is 1. The van der Waals surface area contributed by atoms with Crippen molar-refractivity contribution in [3.05, 3.63) is 84.1 Å². The zero-order valence-electron chi connectivity index (χ0n) is 17.6. The fraction of sp³-hybridized carbons (Fsp3) is 0.200. The zero-order valence-corrected chi connectivity index (χ0v) is 17.6. The second kappa shape index (κ2) is 8.07. The highest BCUT2D eigenvalue weighted by Gasteiger charge is 2.26. The number of benzene rings is 2. The van der Waals surface area contributed by atoms with Gasteiger partial charge in [0.25, 0.3) is 5.91 Å². The standard InChI is InChI=1S/C25H22F2N4O/c1-29-10-4-7-24(29)22-16-19(18-15-17(26)8-9-21(18)28-22)25(32)31-13-11-30(12-14-31)23-6-3-2-5-20(23)27/h2-10,15-16H,11-14H2,1H3. The van der Waals surface area contributed by atoms with Crippen LogP contribution in [0.2, 0.25) is 0 Å². The molecular formula is C25H22F2N4O. The van der Waals surface area contributed by atoms with Gasteiger partial charge in [-0.05, 0) is 48.5 Å². The second-order valence-electron chi connectivity index (χ2n) is 7.95. The number of halogens is 2. The normalized spacial score (nSPS) is 14.2. The molecule has 162 valence electrons. The molecule has 5 rings (SSSR count). The molecule has 0 saturated carbocycles. The van der Waals surface area contributed by atoms with Crippen molar-refractivity contribution in [2.45, 2.75) is 0 Å². The van der Waals surface area contributed by atoms with Crippen molar-refractivity contribution in [1.82, 2.24) is 14.5 Å². The first-order valence-electron chi connectivity index (χ1n) is 10.5. The molecule has 0 radical (unpaired) electrons. The summed E-state index contributed by atoms with van der Waals surface area (Å²) >= 11 is 0. The number of fused-ring (bicyclic) bond motifs is 1. The molecular weight excluding hydrogens is 410 g/mol. The van der Waals surface area contributed by atoms with E-state index < -0.39 is 5.82 Å². The number of carbonyl (C=O) groups excluding carboxylic acids is 1. The molecule has 2 aromatic heterocycles. The SMILES string of the molecule is Cn1cccc1-c1cc(C(=O)N2CCN(c3ccccc3F)CC2)c2cc(F)ccc2n1. The number of amides is 1. The molecule has 7 heteroatoms. The largest absolute Gasteiger partial charge is 0.366 e. The summed E-state index contributed by atoms with van der Waals surface area (Å²) in [5.41, 5.74) is 3.06. The molecule has 0 aliphatic carbocycles. The number of anilines is 1. The van der Waals surface area contributed by atoms with Gasteiger partial charge in [-0.1, -0.05) is 12.1 Å². The Morgan fingerprint density at radius 3 is 2.44 bits per heavy atom.